The number of benzene rings is 1. The lowest BCUT2D eigenvalue weighted by Gasteiger charge is -2.46. The van der Waals surface area contributed by atoms with Crippen molar-refractivity contribution in [2.45, 2.75) is 65.1 Å². The van der Waals surface area contributed by atoms with E-state index in [1.165, 1.54) is 6.07 Å². The molecule has 3 aromatic rings. The summed E-state index contributed by atoms with van der Waals surface area (Å²) in [5.74, 6) is 1.79. The molecule has 2 atom stereocenters. The Morgan fingerprint density at radius 1 is 1.21 bits per heavy atom. The molecule has 1 saturated heterocycles. The first-order valence-corrected chi connectivity index (χ1v) is 13.5. The number of fused-ring (bicyclic) bond motifs is 4. The van der Waals surface area contributed by atoms with E-state index in [9.17, 15) is 18.0 Å². The summed E-state index contributed by atoms with van der Waals surface area (Å²) in [6.07, 6.45) is 3.40. The summed E-state index contributed by atoms with van der Waals surface area (Å²) in [4.78, 5) is 31.2. The summed E-state index contributed by atoms with van der Waals surface area (Å²) in [5, 5.41) is 2.92. The number of aryl methyl sites for hydroxylation is 2. The van der Waals surface area contributed by atoms with Gasteiger partial charge in [0.2, 0.25) is 0 Å². The van der Waals surface area contributed by atoms with Crippen molar-refractivity contribution in [1.29, 1.82) is 0 Å². The van der Waals surface area contributed by atoms with Crippen LogP contribution >= 0.6 is 0 Å². The number of aromatic nitrogens is 3. The van der Waals surface area contributed by atoms with E-state index in [4.69, 9.17) is 4.98 Å². The number of rotatable bonds is 6. The third-order valence-electron chi connectivity index (χ3n) is 7.70. The van der Waals surface area contributed by atoms with E-state index in [2.05, 4.69) is 34.0 Å². The zero-order valence-corrected chi connectivity index (χ0v) is 22.4. The molecule has 1 fully saturated rings. The van der Waals surface area contributed by atoms with Crippen LogP contribution in [0.5, 0.6) is 0 Å². The fraction of sp³-hybridized carbons (Fsp3) is 0.448. The van der Waals surface area contributed by atoms with Gasteiger partial charge in [0.15, 0.2) is 5.82 Å². The molecule has 206 valence electrons. The maximum atomic E-state index is 13.6. The average molecular weight is 539 g/mol. The van der Waals surface area contributed by atoms with E-state index in [-0.39, 0.29) is 12.1 Å². The summed E-state index contributed by atoms with van der Waals surface area (Å²) in [6, 6.07) is 6.62. The van der Waals surface area contributed by atoms with Crippen molar-refractivity contribution < 1.29 is 18.0 Å². The van der Waals surface area contributed by atoms with Crippen molar-refractivity contribution >= 4 is 23.2 Å². The van der Waals surface area contributed by atoms with E-state index in [0.717, 1.165) is 67.9 Å². The summed E-state index contributed by atoms with van der Waals surface area (Å²) >= 11 is 0. The zero-order chi connectivity index (χ0) is 27.7. The number of nitrogens with zero attached hydrogens (tertiary/aromatic N) is 5. The van der Waals surface area contributed by atoms with E-state index < -0.39 is 11.7 Å². The van der Waals surface area contributed by atoms with E-state index in [0.29, 0.717) is 35.2 Å². The van der Waals surface area contributed by atoms with Crippen LogP contribution in [0.2, 0.25) is 0 Å². The number of hydrogen-bond donors (Lipinski definition) is 1. The van der Waals surface area contributed by atoms with Gasteiger partial charge in [-0.3, -0.25) is 4.90 Å². The number of carbonyl (C=O) groups excluding carboxylic acids is 1. The Morgan fingerprint density at radius 2 is 1.97 bits per heavy atom. The van der Waals surface area contributed by atoms with Gasteiger partial charge < -0.3 is 10.2 Å². The van der Waals surface area contributed by atoms with Gasteiger partial charge in [-0.25, -0.2) is 19.7 Å². The van der Waals surface area contributed by atoms with Crippen LogP contribution in [0.1, 0.15) is 56.5 Å². The maximum Gasteiger partial charge on any atom is 0.416 e. The molecular weight excluding hydrogens is 505 g/mol. The number of piperidine rings is 1. The van der Waals surface area contributed by atoms with Crippen molar-refractivity contribution in [1.82, 2.24) is 15.0 Å². The average Bonchev–Trinajstić information content (AvgIpc) is 2.92. The fourth-order valence-corrected chi connectivity index (χ4v) is 5.27. The number of alkyl halides is 3. The molecule has 4 heterocycles. The molecule has 39 heavy (non-hydrogen) atoms. The van der Waals surface area contributed by atoms with Crippen LogP contribution in [0.3, 0.4) is 0 Å². The Kier molecular flexibility index (Phi) is 7.46. The summed E-state index contributed by atoms with van der Waals surface area (Å²) in [6.45, 7) is 7.71. The number of pyridine rings is 1. The van der Waals surface area contributed by atoms with Crippen LogP contribution in [0, 0.1) is 12.8 Å². The highest BCUT2D eigenvalue weighted by Crippen LogP contribution is 2.41. The Morgan fingerprint density at radius 3 is 2.69 bits per heavy atom. The van der Waals surface area contributed by atoms with Crippen LogP contribution in [-0.2, 0) is 12.6 Å². The number of anilines is 3. The fourth-order valence-electron chi connectivity index (χ4n) is 5.27. The van der Waals surface area contributed by atoms with Crippen molar-refractivity contribution in [3.05, 3.63) is 59.7 Å². The molecule has 1 N–H and O–H groups in total. The molecule has 2 aliphatic rings. The highest BCUT2D eigenvalue weighted by atomic mass is 19.4. The largest absolute Gasteiger partial charge is 0.416 e. The minimum Gasteiger partial charge on any atom is -0.366 e. The molecule has 10 heteroatoms. The molecule has 2 aromatic heterocycles. The van der Waals surface area contributed by atoms with E-state index in [1.54, 1.807) is 23.4 Å². The Hall–Kier alpha value is -3.69. The van der Waals surface area contributed by atoms with Gasteiger partial charge in [0.1, 0.15) is 5.82 Å². The zero-order valence-electron chi connectivity index (χ0n) is 22.4. The quantitative estimate of drug-likeness (QED) is 0.371. The van der Waals surface area contributed by atoms with Crippen molar-refractivity contribution in [2.24, 2.45) is 5.92 Å². The van der Waals surface area contributed by atoms with Gasteiger partial charge in [0.05, 0.1) is 41.1 Å². The van der Waals surface area contributed by atoms with Gasteiger partial charge in [0.25, 0.3) is 0 Å². The van der Waals surface area contributed by atoms with Gasteiger partial charge in [-0.2, -0.15) is 13.2 Å². The molecule has 2 bridgehead atoms. The lowest BCUT2D eigenvalue weighted by atomic mass is 9.97. The maximum absolute atomic E-state index is 13.6. The summed E-state index contributed by atoms with van der Waals surface area (Å²) < 4.78 is 40.2. The number of hydrogen-bond acceptors (Lipinski definition) is 5. The molecule has 5 rings (SSSR count). The first-order chi connectivity index (χ1) is 18.6. The predicted molar refractivity (Wildman–Crippen MR) is 146 cm³/mol. The normalized spacial score (nSPS) is 17.5. The van der Waals surface area contributed by atoms with Crippen LogP contribution in [0.25, 0.3) is 11.3 Å². The lowest BCUT2D eigenvalue weighted by molar-refractivity contribution is -0.137. The molecule has 7 nitrogen and oxygen atoms in total. The van der Waals surface area contributed by atoms with Gasteiger partial charge in [-0.15, -0.1) is 0 Å². The van der Waals surface area contributed by atoms with Crippen LogP contribution in [0.4, 0.5) is 35.2 Å². The van der Waals surface area contributed by atoms with Crippen LogP contribution in [-0.4, -0.2) is 40.1 Å². The Labute approximate surface area is 226 Å². The molecule has 0 saturated carbocycles. The highest BCUT2D eigenvalue weighted by molar-refractivity contribution is 6.04. The topological polar surface area (TPSA) is 74.2 Å². The van der Waals surface area contributed by atoms with Crippen molar-refractivity contribution in [2.75, 3.05) is 28.2 Å². The van der Waals surface area contributed by atoms with E-state index in [1.807, 2.05) is 13.0 Å². The molecular formula is C29H33F3N6O. The predicted octanol–water partition coefficient (Wildman–Crippen LogP) is 6.87. The minimum absolute atomic E-state index is 0.105. The molecule has 2 aliphatic heterocycles. The standard InChI is InChI=1S/C29H33F3N6O/c1-4-18(2)10-11-25-33-15-22(16-34-25)35-28(39)38-23-9-6-12-37(17-23)24-13-19(3)26(36-27(24)38)20-7-5-8-21(14-20)29(30,31)32/h5,7-8,13-16,18,23H,4,6,9-12,17H2,1-3H3,(H,35,39)/t18-,23-/m0/s1. The molecule has 0 spiro atoms. The Balaban J connectivity index is 1.45. The Bertz CT molecular complexity index is 1340. The number of halogens is 3. The summed E-state index contributed by atoms with van der Waals surface area (Å²) in [7, 11) is 0. The monoisotopic (exact) mass is 538 g/mol. The number of nitrogens with one attached hydrogen (secondary N) is 1. The third-order valence-corrected chi connectivity index (χ3v) is 7.70. The number of urea groups is 1. The van der Waals surface area contributed by atoms with Gasteiger partial charge in [0, 0.05) is 25.1 Å². The second-order valence-electron chi connectivity index (χ2n) is 10.6. The van der Waals surface area contributed by atoms with E-state index >= 15 is 0 Å². The molecule has 2 amide bonds. The van der Waals surface area contributed by atoms with Gasteiger partial charge in [-0.1, -0.05) is 32.4 Å². The molecule has 0 radical (unpaired) electrons. The minimum atomic E-state index is -4.46. The van der Waals surface area contributed by atoms with Gasteiger partial charge in [-0.05, 0) is 55.9 Å². The second-order valence-corrected chi connectivity index (χ2v) is 10.6. The molecule has 0 aliphatic carbocycles. The van der Waals surface area contributed by atoms with Crippen LogP contribution < -0.4 is 15.1 Å². The van der Waals surface area contributed by atoms with Crippen molar-refractivity contribution in [3.63, 3.8) is 0 Å². The first kappa shape index (κ1) is 26.9. The van der Waals surface area contributed by atoms with Crippen LogP contribution in [0.15, 0.2) is 42.7 Å². The third kappa shape index (κ3) is 5.69. The summed E-state index contributed by atoms with van der Waals surface area (Å²) in [5.41, 5.74) is 2.09. The smallest absolute Gasteiger partial charge is 0.366 e. The SMILES string of the molecule is CC[C@H](C)CCc1ncc(NC(=O)N2c3nc(-c4cccc(C(F)(F)F)c4)c(C)cc3N3CCC[C@H]2C3)cn1. The second kappa shape index (κ2) is 10.8. The highest BCUT2D eigenvalue weighted by Gasteiger charge is 2.39. The molecule has 0 unspecified atom stereocenters. The lowest BCUT2D eigenvalue weighted by Crippen LogP contribution is -2.56. The first-order valence-electron chi connectivity index (χ1n) is 13.5. The molecule has 1 aromatic carbocycles. The van der Waals surface area contributed by atoms with Gasteiger partial charge >= 0.3 is 12.2 Å². The van der Waals surface area contributed by atoms with Crippen molar-refractivity contribution in [3.8, 4) is 11.3 Å². The number of amides is 2. The number of carbonyl (C=O) groups is 1.